The minimum Gasteiger partial charge on any atom is -0.376 e. The van der Waals surface area contributed by atoms with Gasteiger partial charge in [0.2, 0.25) is 0 Å². The van der Waals surface area contributed by atoms with Crippen molar-refractivity contribution in [3.8, 4) is 0 Å². The molecule has 3 rings (SSSR count). The third kappa shape index (κ3) is 4.74. The number of aryl methyl sites for hydroxylation is 3. The molecule has 0 aliphatic carbocycles. The number of carbonyl (C=O) groups excluding carboxylic acids is 2. The van der Waals surface area contributed by atoms with E-state index >= 15 is 0 Å². The van der Waals surface area contributed by atoms with E-state index in [1.165, 1.54) is 0 Å². The highest BCUT2D eigenvalue weighted by molar-refractivity contribution is 6.06. The summed E-state index contributed by atoms with van der Waals surface area (Å²) in [4.78, 5) is 25.1. The Bertz CT molecular complexity index is 831. The molecule has 2 N–H and O–H groups in total. The van der Waals surface area contributed by atoms with Crippen LogP contribution in [0.5, 0.6) is 0 Å². The first-order valence-corrected chi connectivity index (χ1v) is 9.33. The Morgan fingerprint density at radius 3 is 2.33 bits per heavy atom. The molecule has 1 heterocycles. The highest BCUT2D eigenvalue weighted by Gasteiger charge is 2.17. The average molecular weight is 366 g/mol. The van der Waals surface area contributed by atoms with Gasteiger partial charge in [-0.1, -0.05) is 23.8 Å². The third-order valence-electron chi connectivity index (χ3n) is 4.82. The van der Waals surface area contributed by atoms with Crippen molar-refractivity contribution >= 4 is 17.5 Å². The highest BCUT2D eigenvalue weighted by Crippen LogP contribution is 2.22. The summed E-state index contributed by atoms with van der Waals surface area (Å²) in [6.07, 6.45) is 2.10. The molecular formula is C22H26N2O3. The Hall–Kier alpha value is -2.66. The highest BCUT2D eigenvalue weighted by atomic mass is 16.5. The molecule has 5 nitrogen and oxygen atoms in total. The SMILES string of the molecule is Cc1cc(C)c(NC(=O)c2cccc(C(=O)NCC3CCCO3)c2)c(C)c1. The largest absolute Gasteiger partial charge is 0.376 e. The second kappa shape index (κ2) is 8.35. The van der Waals surface area contributed by atoms with Gasteiger partial charge >= 0.3 is 0 Å². The van der Waals surface area contributed by atoms with Crippen LogP contribution in [0.2, 0.25) is 0 Å². The first kappa shape index (κ1) is 19.1. The van der Waals surface area contributed by atoms with E-state index in [-0.39, 0.29) is 17.9 Å². The number of nitrogens with one attached hydrogen (secondary N) is 2. The van der Waals surface area contributed by atoms with Crippen LogP contribution in [0.4, 0.5) is 5.69 Å². The van der Waals surface area contributed by atoms with Crippen LogP contribution in [0.15, 0.2) is 36.4 Å². The quantitative estimate of drug-likeness (QED) is 0.846. The number of amides is 2. The monoisotopic (exact) mass is 366 g/mol. The van der Waals surface area contributed by atoms with E-state index in [4.69, 9.17) is 4.74 Å². The van der Waals surface area contributed by atoms with E-state index in [2.05, 4.69) is 10.6 Å². The molecule has 1 atom stereocenters. The van der Waals surface area contributed by atoms with Crippen LogP contribution in [0.3, 0.4) is 0 Å². The summed E-state index contributed by atoms with van der Waals surface area (Å²) in [5.41, 5.74) is 4.95. The number of hydrogen-bond donors (Lipinski definition) is 2. The Balaban J connectivity index is 1.69. The van der Waals surface area contributed by atoms with Gasteiger partial charge in [0.15, 0.2) is 0 Å². The molecule has 2 aromatic rings. The van der Waals surface area contributed by atoms with E-state index in [1.807, 2.05) is 32.9 Å². The summed E-state index contributed by atoms with van der Waals surface area (Å²) in [5, 5.41) is 5.86. The fourth-order valence-corrected chi connectivity index (χ4v) is 3.48. The second-order valence-corrected chi connectivity index (χ2v) is 7.15. The van der Waals surface area contributed by atoms with Crippen molar-refractivity contribution in [3.05, 3.63) is 64.2 Å². The first-order valence-electron chi connectivity index (χ1n) is 9.33. The summed E-state index contributed by atoms with van der Waals surface area (Å²) in [6, 6.07) is 10.9. The molecule has 1 unspecified atom stereocenters. The van der Waals surface area contributed by atoms with Crippen molar-refractivity contribution in [1.29, 1.82) is 0 Å². The minimum absolute atomic E-state index is 0.0907. The molecule has 1 fully saturated rings. The van der Waals surface area contributed by atoms with Crippen LogP contribution in [0.1, 0.15) is 50.2 Å². The number of benzene rings is 2. The molecule has 2 aromatic carbocycles. The standard InChI is InChI=1S/C22H26N2O3/c1-14-10-15(2)20(16(3)11-14)24-22(26)18-7-4-6-17(12-18)21(25)23-13-19-8-5-9-27-19/h4,6-7,10-12,19H,5,8-9,13H2,1-3H3,(H,23,25)(H,24,26). The van der Waals surface area contributed by atoms with Gasteiger partial charge in [-0.15, -0.1) is 0 Å². The van der Waals surface area contributed by atoms with Gasteiger partial charge in [-0.2, -0.15) is 0 Å². The van der Waals surface area contributed by atoms with Gasteiger partial charge in [0.05, 0.1) is 6.10 Å². The molecule has 1 aliphatic rings. The number of hydrogen-bond acceptors (Lipinski definition) is 3. The van der Waals surface area contributed by atoms with Crippen LogP contribution < -0.4 is 10.6 Å². The van der Waals surface area contributed by atoms with Crippen molar-refractivity contribution in [2.75, 3.05) is 18.5 Å². The molecule has 27 heavy (non-hydrogen) atoms. The average Bonchev–Trinajstić information content (AvgIpc) is 3.16. The fraction of sp³-hybridized carbons (Fsp3) is 0.364. The Morgan fingerprint density at radius 2 is 1.70 bits per heavy atom. The normalized spacial score (nSPS) is 16.2. The maximum absolute atomic E-state index is 12.7. The van der Waals surface area contributed by atoms with Gasteiger partial charge in [0.25, 0.3) is 11.8 Å². The maximum atomic E-state index is 12.7. The zero-order chi connectivity index (χ0) is 19.4. The van der Waals surface area contributed by atoms with Crippen molar-refractivity contribution in [3.63, 3.8) is 0 Å². The Morgan fingerprint density at radius 1 is 1.04 bits per heavy atom. The van der Waals surface area contributed by atoms with Gasteiger partial charge < -0.3 is 15.4 Å². The Labute approximate surface area is 160 Å². The molecule has 1 saturated heterocycles. The van der Waals surface area contributed by atoms with Gasteiger partial charge in [0, 0.05) is 30.0 Å². The topological polar surface area (TPSA) is 67.4 Å². The molecule has 0 radical (unpaired) electrons. The van der Waals surface area contributed by atoms with Crippen LogP contribution in [0.25, 0.3) is 0 Å². The maximum Gasteiger partial charge on any atom is 0.255 e. The van der Waals surface area contributed by atoms with Gasteiger partial charge in [-0.25, -0.2) is 0 Å². The summed E-state index contributed by atoms with van der Waals surface area (Å²) >= 11 is 0. The minimum atomic E-state index is -0.223. The Kier molecular flexibility index (Phi) is 5.91. The molecule has 5 heteroatoms. The predicted octanol–water partition coefficient (Wildman–Crippen LogP) is 3.77. The van der Waals surface area contributed by atoms with Gasteiger partial charge in [-0.05, 0) is 62.9 Å². The van der Waals surface area contributed by atoms with Crippen LogP contribution in [0, 0.1) is 20.8 Å². The number of anilines is 1. The van der Waals surface area contributed by atoms with Crippen LogP contribution >= 0.6 is 0 Å². The van der Waals surface area contributed by atoms with Crippen LogP contribution in [-0.4, -0.2) is 31.1 Å². The van der Waals surface area contributed by atoms with E-state index in [9.17, 15) is 9.59 Å². The summed E-state index contributed by atoms with van der Waals surface area (Å²) < 4.78 is 5.52. The van der Waals surface area contributed by atoms with Crippen LogP contribution in [-0.2, 0) is 4.74 Å². The lowest BCUT2D eigenvalue weighted by molar-refractivity contribution is 0.0858. The lowest BCUT2D eigenvalue weighted by Crippen LogP contribution is -2.31. The smallest absolute Gasteiger partial charge is 0.255 e. The summed E-state index contributed by atoms with van der Waals surface area (Å²) in [7, 11) is 0. The predicted molar refractivity (Wildman–Crippen MR) is 106 cm³/mol. The van der Waals surface area contributed by atoms with Crippen molar-refractivity contribution in [1.82, 2.24) is 5.32 Å². The molecule has 0 aromatic heterocycles. The number of carbonyl (C=O) groups is 2. The molecule has 1 aliphatic heterocycles. The van der Waals surface area contributed by atoms with E-state index in [1.54, 1.807) is 24.3 Å². The summed E-state index contributed by atoms with van der Waals surface area (Å²) in [5.74, 6) is -0.415. The lowest BCUT2D eigenvalue weighted by Gasteiger charge is -2.14. The lowest BCUT2D eigenvalue weighted by atomic mass is 10.0. The van der Waals surface area contributed by atoms with Gasteiger partial charge in [-0.3, -0.25) is 9.59 Å². The summed E-state index contributed by atoms with van der Waals surface area (Å²) in [6.45, 7) is 7.24. The number of rotatable bonds is 5. The molecule has 0 saturated carbocycles. The molecular weight excluding hydrogens is 340 g/mol. The molecule has 0 bridgehead atoms. The fourth-order valence-electron chi connectivity index (χ4n) is 3.48. The second-order valence-electron chi connectivity index (χ2n) is 7.15. The van der Waals surface area contributed by atoms with E-state index in [0.717, 1.165) is 41.8 Å². The zero-order valence-corrected chi connectivity index (χ0v) is 16.1. The third-order valence-corrected chi connectivity index (χ3v) is 4.82. The van der Waals surface area contributed by atoms with E-state index in [0.29, 0.717) is 17.7 Å². The van der Waals surface area contributed by atoms with E-state index < -0.39 is 0 Å². The first-order chi connectivity index (χ1) is 12.9. The van der Waals surface area contributed by atoms with Crippen molar-refractivity contribution in [2.45, 2.75) is 39.7 Å². The van der Waals surface area contributed by atoms with Crippen molar-refractivity contribution in [2.24, 2.45) is 0 Å². The van der Waals surface area contributed by atoms with Crippen molar-refractivity contribution < 1.29 is 14.3 Å². The van der Waals surface area contributed by atoms with Gasteiger partial charge in [0.1, 0.15) is 0 Å². The number of ether oxygens (including phenoxy) is 1. The molecule has 2 amide bonds. The molecule has 142 valence electrons. The molecule has 0 spiro atoms. The zero-order valence-electron chi connectivity index (χ0n) is 16.1.